The van der Waals surface area contributed by atoms with E-state index in [0.29, 0.717) is 12.1 Å². The maximum absolute atomic E-state index is 3.79. The van der Waals surface area contributed by atoms with Crippen molar-refractivity contribution in [2.24, 2.45) is 0 Å². The molecule has 1 aromatic rings. The Labute approximate surface area is 107 Å². The van der Waals surface area contributed by atoms with Gasteiger partial charge in [0.15, 0.2) is 0 Å². The maximum Gasteiger partial charge on any atom is 0.0320 e. The summed E-state index contributed by atoms with van der Waals surface area (Å²) in [4.78, 5) is 0. The van der Waals surface area contributed by atoms with Crippen molar-refractivity contribution >= 4 is 0 Å². The molecule has 0 saturated heterocycles. The second-order valence-electron chi connectivity index (χ2n) is 4.93. The average Bonchev–Trinajstić information content (AvgIpc) is 2.36. The highest BCUT2D eigenvalue weighted by Crippen LogP contribution is 2.19. The van der Waals surface area contributed by atoms with Gasteiger partial charge in [-0.1, -0.05) is 57.0 Å². The smallest absolute Gasteiger partial charge is 0.0320 e. The van der Waals surface area contributed by atoms with E-state index < -0.39 is 0 Å². The predicted octanol–water partition coefficient (Wildman–Crippen LogP) is 4.61. The topological polar surface area (TPSA) is 12.0 Å². The van der Waals surface area contributed by atoms with Gasteiger partial charge in [-0.2, -0.15) is 0 Å². The van der Waals surface area contributed by atoms with E-state index in [1.165, 1.54) is 30.4 Å². The van der Waals surface area contributed by atoms with Gasteiger partial charge >= 0.3 is 0 Å². The number of nitrogens with one attached hydrogen (secondary N) is 1. The van der Waals surface area contributed by atoms with Crippen LogP contribution in [0.5, 0.6) is 0 Å². The first-order valence-electron chi connectivity index (χ1n) is 7.03. The first kappa shape index (κ1) is 14.2. The monoisotopic (exact) mass is 233 g/mol. The molecule has 0 amide bonds. The van der Waals surface area contributed by atoms with Crippen LogP contribution in [-0.2, 0) is 0 Å². The SMILES string of the molecule is CCCC(CC)NC(CC)c1ccc(C)cc1. The first-order chi connectivity index (χ1) is 8.21. The van der Waals surface area contributed by atoms with Gasteiger partial charge in [0.05, 0.1) is 0 Å². The third kappa shape index (κ3) is 4.51. The molecule has 0 spiro atoms. The summed E-state index contributed by atoms with van der Waals surface area (Å²) in [5.74, 6) is 0. The van der Waals surface area contributed by atoms with Gasteiger partial charge in [-0.15, -0.1) is 0 Å². The van der Waals surface area contributed by atoms with Crippen LogP contribution >= 0.6 is 0 Å². The van der Waals surface area contributed by atoms with Crippen molar-refractivity contribution in [1.82, 2.24) is 5.32 Å². The molecule has 0 fully saturated rings. The fourth-order valence-electron chi connectivity index (χ4n) is 2.29. The maximum atomic E-state index is 3.79. The molecule has 1 nitrogen and oxygen atoms in total. The van der Waals surface area contributed by atoms with Gasteiger partial charge in [-0.3, -0.25) is 0 Å². The van der Waals surface area contributed by atoms with E-state index in [1.54, 1.807) is 0 Å². The Morgan fingerprint density at radius 2 is 1.65 bits per heavy atom. The number of aryl methyl sites for hydroxylation is 1. The molecule has 0 aromatic heterocycles. The number of hydrogen-bond donors (Lipinski definition) is 1. The van der Waals surface area contributed by atoms with Crippen molar-refractivity contribution in [2.45, 2.75) is 65.5 Å². The van der Waals surface area contributed by atoms with Crippen molar-refractivity contribution in [3.8, 4) is 0 Å². The second kappa shape index (κ2) is 7.50. The Kier molecular flexibility index (Phi) is 6.28. The molecule has 1 N–H and O–H groups in total. The Hall–Kier alpha value is -0.820. The molecule has 0 saturated carbocycles. The van der Waals surface area contributed by atoms with E-state index >= 15 is 0 Å². The van der Waals surface area contributed by atoms with Crippen LogP contribution in [0.2, 0.25) is 0 Å². The number of benzene rings is 1. The van der Waals surface area contributed by atoms with E-state index in [-0.39, 0.29) is 0 Å². The van der Waals surface area contributed by atoms with Crippen molar-refractivity contribution in [1.29, 1.82) is 0 Å². The molecular weight excluding hydrogens is 206 g/mol. The molecule has 2 unspecified atom stereocenters. The van der Waals surface area contributed by atoms with Crippen LogP contribution in [0.1, 0.15) is 63.6 Å². The lowest BCUT2D eigenvalue weighted by atomic mass is 10.0. The summed E-state index contributed by atoms with van der Waals surface area (Å²) >= 11 is 0. The zero-order chi connectivity index (χ0) is 12.7. The molecule has 0 aliphatic heterocycles. The van der Waals surface area contributed by atoms with Gasteiger partial charge in [0.2, 0.25) is 0 Å². The average molecular weight is 233 g/mol. The van der Waals surface area contributed by atoms with E-state index in [2.05, 4.69) is 57.3 Å². The van der Waals surface area contributed by atoms with Crippen LogP contribution in [0.4, 0.5) is 0 Å². The summed E-state index contributed by atoms with van der Waals surface area (Å²) in [6, 6.07) is 10.1. The summed E-state index contributed by atoms with van der Waals surface area (Å²) in [5, 5.41) is 3.79. The van der Waals surface area contributed by atoms with E-state index in [0.717, 1.165) is 6.42 Å². The lowest BCUT2D eigenvalue weighted by Crippen LogP contribution is -2.32. The Balaban J connectivity index is 2.67. The highest BCUT2D eigenvalue weighted by atomic mass is 14.9. The minimum Gasteiger partial charge on any atom is -0.307 e. The van der Waals surface area contributed by atoms with E-state index in [9.17, 15) is 0 Å². The fraction of sp³-hybridized carbons (Fsp3) is 0.625. The third-order valence-corrected chi connectivity index (χ3v) is 3.45. The Morgan fingerprint density at radius 1 is 1.00 bits per heavy atom. The third-order valence-electron chi connectivity index (χ3n) is 3.45. The molecule has 96 valence electrons. The summed E-state index contributed by atoms with van der Waals surface area (Å²) in [6.07, 6.45) is 4.91. The van der Waals surface area contributed by atoms with Crippen LogP contribution in [-0.4, -0.2) is 6.04 Å². The van der Waals surface area contributed by atoms with Crippen LogP contribution in [0, 0.1) is 6.92 Å². The van der Waals surface area contributed by atoms with Gasteiger partial charge in [-0.05, 0) is 31.7 Å². The highest BCUT2D eigenvalue weighted by Gasteiger charge is 2.13. The lowest BCUT2D eigenvalue weighted by molar-refractivity contribution is 0.394. The Morgan fingerprint density at radius 3 is 2.12 bits per heavy atom. The zero-order valence-electron chi connectivity index (χ0n) is 11.8. The molecule has 1 aromatic carbocycles. The van der Waals surface area contributed by atoms with Crippen molar-refractivity contribution in [2.75, 3.05) is 0 Å². The molecule has 0 aliphatic carbocycles. The van der Waals surface area contributed by atoms with Crippen LogP contribution in [0.25, 0.3) is 0 Å². The predicted molar refractivity (Wildman–Crippen MR) is 76.3 cm³/mol. The van der Waals surface area contributed by atoms with Gasteiger partial charge in [0, 0.05) is 12.1 Å². The highest BCUT2D eigenvalue weighted by molar-refractivity contribution is 5.24. The zero-order valence-corrected chi connectivity index (χ0v) is 11.8. The van der Waals surface area contributed by atoms with Crippen LogP contribution < -0.4 is 5.32 Å². The number of rotatable bonds is 7. The molecule has 0 heterocycles. The molecule has 0 bridgehead atoms. The van der Waals surface area contributed by atoms with Crippen molar-refractivity contribution in [3.05, 3.63) is 35.4 Å². The largest absolute Gasteiger partial charge is 0.307 e. The van der Waals surface area contributed by atoms with E-state index in [4.69, 9.17) is 0 Å². The normalized spacial score (nSPS) is 14.6. The van der Waals surface area contributed by atoms with Crippen molar-refractivity contribution < 1.29 is 0 Å². The molecule has 1 rings (SSSR count). The summed E-state index contributed by atoms with van der Waals surface area (Å²) < 4.78 is 0. The minimum absolute atomic E-state index is 0.507. The lowest BCUT2D eigenvalue weighted by Gasteiger charge is -2.24. The fourth-order valence-corrected chi connectivity index (χ4v) is 2.29. The quantitative estimate of drug-likeness (QED) is 0.725. The Bertz CT molecular complexity index is 302. The molecule has 2 atom stereocenters. The molecule has 17 heavy (non-hydrogen) atoms. The first-order valence-corrected chi connectivity index (χ1v) is 7.03. The van der Waals surface area contributed by atoms with Gasteiger partial charge in [0.25, 0.3) is 0 Å². The molecule has 0 aliphatic rings. The minimum atomic E-state index is 0.507. The molecule has 1 heteroatoms. The summed E-state index contributed by atoms with van der Waals surface area (Å²) in [7, 11) is 0. The summed E-state index contributed by atoms with van der Waals surface area (Å²) in [6.45, 7) is 8.94. The van der Waals surface area contributed by atoms with Crippen molar-refractivity contribution in [3.63, 3.8) is 0 Å². The van der Waals surface area contributed by atoms with Crippen LogP contribution in [0.15, 0.2) is 24.3 Å². The second-order valence-corrected chi connectivity index (χ2v) is 4.93. The molecular formula is C16H27N. The number of hydrogen-bond acceptors (Lipinski definition) is 1. The van der Waals surface area contributed by atoms with Crippen LogP contribution in [0.3, 0.4) is 0 Å². The molecule has 0 radical (unpaired) electrons. The van der Waals surface area contributed by atoms with E-state index in [1.807, 2.05) is 0 Å². The van der Waals surface area contributed by atoms with Gasteiger partial charge in [0.1, 0.15) is 0 Å². The summed E-state index contributed by atoms with van der Waals surface area (Å²) in [5.41, 5.74) is 2.76. The van der Waals surface area contributed by atoms with Gasteiger partial charge < -0.3 is 5.32 Å². The standard InChI is InChI=1S/C16H27N/c1-5-8-15(6-2)17-16(7-3)14-11-9-13(4)10-12-14/h9-12,15-17H,5-8H2,1-4H3. The van der Waals surface area contributed by atoms with Gasteiger partial charge in [-0.25, -0.2) is 0 Å².